The van der Waals surface area contributed by atoms with Crippen LogP contribution in [0.25, 0.3) is 0 Å². The standard InChI is InChI=1S/C11H21NO6/c1-2-3-4-9(16)12-5-7(14)10(17)11(18)8(15)6-13/h2,7-8,10-11,13-15,17-18H,1,3-6H2,(H,12,16)/t7-,8+,10+,11+/m0/s1. The molecule has 0 bridgehead atoms. The fourth-order valence-electron chi connectivity index (χ4n) is 1.22. The van der Waals surface area contributed by atoms with Crippen molar-refractivity contribution in [3.8, 4) is 0 Å². The van der Waals surface area contributed by atoms with Gasteiger partial charge in [0, 0.05) is 13.0 Å². The maximum atomic E-state index is 11.2. The number of amides is 1. The molecular formula is C11H21NO6. The number of rotatable bonds is 9. The summed E-state index contributed by atoms with van der Waals surface area (Å²) in [5, 5.41) is 48.2. The van der Waals surface area contributed by atoms with Crippen molar-refractivity contribution >= 4 is 5.91 Å². The normalized spacial score (nSPS) is 17.6. The lowest BCUT2D eigenvalue weighted by molar-refractivity contribution is -0.126. The minimum Gasteiger partial charge on any atom is -0.394 e. The summed E-state index contributed by atoms with van der Waals surface area (Å²) in [6.45, 7) is 2.46. The molecule has 1 amide bonds. The second kappa shape index (κ2) is 9.01. The van der Waals surface area contributed by atoms with Gasteiger partial charge in [0.05, 0.1) is 12.7 Å². The Bertz CT molecular complexity index is 260. The minimum atomic E-state index is -1.69. The first-order chi connectivity index (χ1) is 8.43. The molecule has 18 heavy (non-hydrogen) atoms. The molecule has 0 rings (SSSR count). The number of carbonyl (C=O) groups is 1. The molecule has 0 saturated carbocycles. The van der Waals surface area contributed by atoms with E-state index in [0.29, 0.717) is 6.42 Å². The summed E-state index contributed by atoms with van der Waals surface area (Å²) in [6, 6.07) is 0. The van der Waals surface area contributed by atoms with Gasteiger partial charge in [-0.2, -0.15) is 0 Å². The van der Waals surface area contributed by atoms with Crippen LogP contribution in [0.4, 0.5) is 0 Å². The zero-order valence-corrected chi connectivity index (χ0v) is 10.1. The molecule has 0 heterocycles. The van der Waals surface area contributed by atoms with Gasteiger partial charge in [0.25, 0.3) is 0 Å². The molecule has 0 fully saturated rings. The highest BCUT2D eigenvalue weighted by atomic mass is 16.4. The van der Waals surface area contributed by atoms with Crippen LogP contribution in [-0.4, -0.2) is 69.0 Å². The molecule has 0 aliphatic carbocycles. The lowest BCUT2D eigenvalue weighted by atomic mass is 10.0. The van der Waals surface area contributed by atoms with E-state index in [1.54, 1.807) is 6.08 Å². The van der Waals surface area contributed by atoms with Crippen LogP contribution in [0.2, 0.25) is 0 Å². The molecule has 7 nitrogen and oxygen atoms in total. The largest absolute Gasteiger partial charge is 0.394 e. The molecule has 0 unspecified atom stereocenters. The Labute approximate surface area is 105 Å². The Morgan fingerprint density at radius 1 is 1.17 bits per heavy atom. The predicted octanol–water partition coefficient (Wildman–Crippen LogP) is -2.50. The number of carbonyl (C=O) groups excluding carboxylic acids is 1. The third kappa shape index (κ3) is 6.08. The Morgan fingerprint density at radius 2 is 1.72 bits per heavy atom. The molecule has 0 aromatic rings. The van der Waals surface area contributed by atoms with Gasteiger partial charge in [-0.25, -0.2) is 0 Å². The number of aliphatic hydroxyl groups excluding tert-OH is 5. The van der Waals surface area contributed by atoms with Crippen molar-refractivity contribution in [2.45, 2.75) is 37.3 Å². The second-order valence-corrected chi connectivity index (χ2v) is 3.93. The maximum Gasteiger partial charge on any atom is 0.220 e. The van der Waals surface area contributed by atoms with Crippen LogP contribution in [0, 0.1) is 0 Å². The average molecular weight is 263 g/mol. The summed E-state index contributed by atoms with van der Waals surface area (Å²) >= 11 is 0. The van der Waals surface area contributed by atoms with E-state index >= 15 is 0 Å². The Kier molecular flexibility index (Phi) is 8.51. The third-order valence-corrected chi connectivity index (χ3v) is 2.41. The van der Waals surface area contributed by atoms with E-state index in [1.165, 1.54) is 0 Å². The fraction of sp³-hybridized carbons (Fsp3) is 0.727. The van der Waals surface area contributed by atoms with Crippen molar-refractivity contribution in [3.05, 3.63) is 12.7 Å². The average Bonchev–Trinajstić information content (AvgIpc) is 2.39. The van der Waals surface area contributed by atoms with Crippen molar-refractivity contribution < 1.29 is 30.3 Å². The summed E-state index contributed by atoms with van der Waals surface area (Å²) < 4.78 is 0. The van der Waals surface area contributed by atoms with Gasteiger partial charge in [-0.05, 0) is 6.42 Å². The number of aliphatic hydroxyl groups is 5. The summed E-state index contributed by atoms with van der Waals surface area (Å²) in [5.74, 6) is -0.321. The molecule has 7 heteroatoms. The van der Waals surface area contributed by atoms with Gasteiger partial charge in [-0.1, -0.05) is 6.08 Å². The molecular weight excluding hydrogens is 242 g/mol. The topological polar surface area (TPSA) is 130 Å². The number of hydrogen-bond acceptors (Lipinski definition) is 6. The van der Waals surface area contributed by atoms with Gasteiger partial charge in [0.2, 0.25) is 5.91 Å². The predicted molar refractivity (Wildman–Crippen MR) is 63.6 cm³/mol. The molecule has 0 saturated heterocycles. The van der Waals surface area contributed by atoms with Gasteiger partial charge >= 0.3 is 0 Å². The van der Waals surface area contributed by atoms with E-state index in [1.807, 2.05) is 0 Å². The van der Waals surface area contributed by atoms with Gasteiger partial charge in [0.1, 0.15) is 18.3 Å². The molecule has 4 atom stereocenters. The lowest BCUT2D eigenvalue weighted by Gasteiger charge is -2.25. The van der Waals surface area contributed by atoms with Gasteiger partial charge in [0.15, 0.2) is 0 Å². The molecule has 6 N–H and O–H groups in total. The van der Waals surface area contributed by atoms with E-state index in [4.69, 9.17) is 10.2 Å². The first-order valence-electron chi connectivity index (χ1n) is 5.64. The van der Waals surface area contributed by atoms with E-state index in [0.717, 1.165) is 0 Å². The maximum absolute atomic E-state index is 11.2. The van der Waals surface area contributed by atoms with Crippen LogP contribution >= 0.6 is 0 Å². The first-order valence-corrected chi connectivity index (χ1v) is 5.64. The summed E-state index contributed by atoms with van der Waals surface area (Å²) in [4.78, 5) is 11.2. The zero-order chi connectivity index (χ0) is 14.1. The van der Waals surface area contributed by atoms with E-state index in [2.05, 4.69) is 11.9 Å². The van der Waals surface area contributed by atoms with Crippen LogP contribution in [0.3, 0.4) is 0 Å². The quantitative estimate of drug-likeness (QED) is 0.255. The highest BCUT2D eigenvalue weighted by Gasteiger charge is 2.29. The van der Waals surface area contributed by atoms with Crippen LogP contribution in [-0.2, 0) is 4.79 Å². The summed E-state index contributed by atoms with van der Waals surface area (Å²) in [7, 11) is 0. The lowest BCUT2D eigenvalue weighted by Crippen LogP contribution is -2.49. The molecule has 0 aliphatic heterocycles. The zero-order valence-electron chi connectivity index (χ0n) is 10.1. The Hall–Kier alpha value is -0.990. The van der Waals surface area contributed by atoms with Crippen molar-refractivity contribution in [1.82, 2.24) is 5.32 Å². The first kappa shape index (κ1) is 17.0. The molecule has 106 valence electrons. The number of nitrogens with one attached hydrogen (secondary N) is 1. The highest BCUT2D eigenvalue weighted by molar-refractivity contribution is 5.75. The molecule has 0 aliphatic rings. The number of allylic oxidation sites excluding steroid dienone is 1. The van der Waals surface area contributed by atoms with Crippen molar-refractivity contribution in [2.75, 3.05) is 13.2 Å². The fourth-order valence-corrected chi connectivity index (χ4v) is 1.22. The van der Waals surface area contributed by atoms with Gasteiger partial charge in [-0.15, -0.1) is 6.58 Å². The van der Waals surface area contributed by atoms with Gasteiger partial charge in [-0.3, -0.25) is 4.79 Å². The molecule has 0 spiro atoms. The minimum absolute atomic E-state index is 0.216. The van der Waals surface area contributed by atoms with Crippen LogP contribution in [0.5, 0.6) is 0 Å². The smallest absolute Gasteiger partial charge is 0.220 e. The van der Waals surface area contributed by atoms with Crippen LogP contribution < -0.4 is 5.32 Å². The molecule has 0 aromatic heterocycles. The molecule has 0 aromatic carbocycles. The summed E-state index contributed by atoms with van der Waals surface area (Å²) in [5.41, 5.74) is 0. The van der Waals surface area contributed by atoms with E-state index in [9.17, 15) is 20.1 Å². The van der Waals surface area contributed by atoms with E-state index in [-0.39, 0.29) is 18.9 Å². The number of hydrogen-bond donors (Lipinski definition) is 6. The SMILES string of the molecule is C=CCCC(=O)NC[C@H](O)[C@@H](O)[C@H](O)[C@H](O)CO. The van der Waals surface area contributed by atoms with Crippen molar-refractivity contribution in [2.24, 2.45) is 0 Å². The van der Waals surface area contributed by atoms with Gasteiger partial charge < -0.3 is 30.8 Å². The monoisotopic (exact) mass is 263 g/mol. The van der Waals surface area contributed by atoms with E-state index < -0.39 is 31.0 Å². The van der Waals surface area contributed by atoms with Crippen molar-refractivity contribution in [1.29, 1.82) is 0 Å². The second-order valence-electron chi connectivity index (χ2n) is 3.93. The summed E-state index contributed by atoms with van der Waals surface area (Å²) in [6.07, 6.45) is -4.04. The van der Waals surface area contributed by atoms with Crippen LogP contribution in [0.15, 0.2) is 12.7 Å². The highest BCUT2D eigenvalue weighted by Crippen LogP contribution is 2.04. The Balaban J connectivity index is 4.04. The third-order valence-electron chi connectivity index (χ3n) is 2.41. The molecule has 0 radical (unpaired) electrons. The Morgan fingerprint density at radius 3 is 2.22 bits per heavy atom. The van der Waals surface area contributed by atoms with Crippen molar-refractivity contribution in [3.63, 3.8) is 0 Å². The van der Waals surface area contributed by atoms with Crippen LogP contribution in [0.1, 0.15) is 12.8 Å².